The van der Waals surface area contributed by atoms with Crippen molar-refractivity contribution in [1.82, 2.24) is 4.90 Å². The summed E-state index contributed by atoms with van der Waals surface area (Å²) in [5.74, 6) is -0.0151. The lowest BCUT2D eigenvalue weighted by Gasteiger charge is -2.22. The highest BCUT2D eigenvalue weighted by Crippen LogP contribution is 2.21. The molecule has 0 fully saturated rings. The van der Waals surface area contributed by atoms with Crippen LogP contribution in [0.4, 0.5) is 10.5 Å². The Bertz CT molecular complexity index is 762. The van der Waals surface area contributed by atoms with Gasteiger partial charge in [-0.25, -0.2) is 13.2 Å². The van der Waals surface area contributed by atoms with Gasteiger partial charge in [-0.1, -0.05) is 18.2 Å². The van der Waals surface area contributed by atoms with E-state index in [0.717, 1.165) is 18.6 Å². The van der Waals surface area contributed by atoms with Crippen LogP contribution in [0, 0.1) is 0 Å². The smallest absolute Gasteiger partial charge is 0.321 e. The fourth-order valence-electron chi connectivity index (χ4n) is 2.43. The monoisotopic (exact) mass is 380 g/mol. The summed E-state index contributed by atoms with van der Waals surface area (Å²) < 4.78 is 29.1. The Labute approximate surface area is 156 Å². The number of carbonyl (C=O) groups is 1. The van der Waals surface area contributed by atoms with Gasteiger partial charge in [0.2, 0.25) is 0 Å². The Morgan fingerprint density at radius 2 is 1.88 bits per heavy atom. The van der Waals surface area contributed by atoms with E-state index in [2.05, 4.69) is 11.4 Å². The van der Waals surface area contributed by atoms with E-state index in [4.69, 9.17) is 4.74 Å². The Morgan fingerprint density at radius 3 is 2.42 bits per heavy atom. The number of nitrogens with zero attached hydrogens (tertiary/aromatic N) is 1. The minimum absolute atomic E-state index is 0.0151. The summed E-state index contributed by atoms with van der Waals surface area (Å²) in [4.78, 5) is 13.9. The summed E-state index contributed by atoms with van der Waals surface area (Å²) in [6.07, 6.45) is 2.99. The number of sulfone groups is 1. The molecule has 2 rings (SSSR count). The standard InChI is InChI=1S/C19H28N2O4S/c1-19(2,3)26(23,24)14-15-7-9-17(10-8-15)20-18(22)21(4)12-16-6-5-11-25-13-16/h6-10H,5,11-14H2,1-4H3,(H,20,22). The van der Waals surface area contributed by atoms with Crippen LogP contribution in [0.15, 0.2) is 35.9 Å². The molecule has 1 heterocycles. The molecule has 1 aliphatic heterocycles. The van der Waals surface area contributed by atoms with Crippen LogP contribution in [0.1, 0.15) is 32.8 Å². The molecule has 0 aliphatic carbocycles. The molecular weight excluding hydrogens is 352 g/mol. The molecule has 1 aromatic carbocycles. The third kappa shape index (κ3) is 5.57. The molecule has 6 nitrogen and oxygen atoms in total. The summed E-state index contributed by atoms with van der Waals surface area (Å²) >= 11 is 0. The first-order valence-electron chi connectivity index (χ1n) is 8.67. The number of amides is 2. The number of nitrogens with one attached hydrogen (secondary N) is 1. The maximum Gasteiger partial charge on any atom is 0.321 e. The van der Waals surface area contributed by atoms with Gasteiger partial charge in [0.05, 0.1) is 23.7 Å². The lowest BCUT2D eigenvalue weighted by Crippen LogP contribution is -2.34. The van der Waals surface area contributed by atoms with Gasteiger partial charge < -0.3 is 15.0 Å². The van der Waals surface area contributed by atoms with Crippen molar-refractivity contribution in [1.29, 1.82) is 0 Å². The molecule has 7 heteroatoms. The first kappa shape index (κ1) is 20.5. The van der Waals surface area contributed by atoms with Gasteiger partial charge in [-0.2, -0.15) is 0 Å². The Hall–Kier alpha value is -1.86. The highest BCUT2D eigenvalue weighted by molar-refractivity contribution is 7.91. The van der Waals surface area contributed by atoms with Crippen molar-refractivity contribution in [2.75, 3.05) is 32.1 Å². The van der Waals surface area contributed by atoms with Gasteiger partial charge in [0, 0.05) is 19.3 Å². The van der Waals surface area contributed by atoms with Crippen molar-refractivity contribution in [3.8, 4) is 0 Å². The molecule has 1 aliphatic rings. The van der Waals surface area contributed by atoms with E-state index in [1.807, 2.05) is 0 Å². The van der Waals surface area contributed by atoms with Crippen molar-refractivity contribution in [3.05, 3.63) is 41.5 Å². The number of hydrogen-bond acceptors (Lipinski definition) is 4. The third-order valence-electron chi connectivity index (χ3n) is 4.26. The van der Waals surface area contributed by atoms with Crippen LogP contribution in [0.5, 0.6) is 0 Å². The number of anilines is 1. The molecule has 0 radical (unpaired) electrons. The number of rotatable bonds is 5. The topological polar surface area (TPSA) is 75.7 Å². The number of hydrogen-bond donors (Lipinski definition) is 1. The van der Waals surface area contributed by atoms with E-state index in [9.17, 15) is 13.2 Å². The molecule has 0 spiro atoms. The van der Waals surface area contributed by atoms with E-state index in [1.165, 1.54) is 0 Å². The third-order valence-corrected chi connectivity index (χ3v) is 6.84. The lowest BCUT2D eigenvalue weighted by molar-refractivity contribution is 0.145. The number of ether oxygens (including phenoxy) is 1. The quantitative estimate of drug-likeness (QED) is 0.796. The Kier molecular flexibility index (Phi) is 6.47. The van der Waals surface area contributed by atoms with E-state index in [1.54, 1.807) is 57.0 Å². The predicted octanol–water partition coefficient (Wildman–Crippen LogP) is 3.21. The van der Waals surface area contributed by atoms with Crippen molar-refractivity contribution in [2.24, 2.45) is 0 Å². The van der Waals surface area contributed by atoms with Crippen molar-refractivity contribution in [3.63, 3.8) is 0 Å². The Balaban J connectivity index is 1.94. The molecule has 0 saturated carbocycles. The van der Waals surface area contributed by atoms with Crippen LogP contribution in [-0.4, -0.2) is 50.9 Å². The maximum atomic E-state index is 12.3. The summed E-state index contributed by atoms with van der Waals surface area (Å²) in [6, 6.07) is 6.70. The van der Waals surface area contributed by atoms with E-state index in [-0.39, 0.29) is 11.8 Å². The summed E-state index contributed by atoms with van der Waals surface area (Å²) in [5.41, 5.74) is 2.43. The second-order valence-corrected chi connectivity index (χ2v) is 10.3. The highest BCUT2D eigenvalue weighted by Gasteiger charge is 2.28. The number of carbonyl (C=O) groups excluding carboxylic acids is 1. The van der Waals surface area contributed by atoms with Crippen LogP contribution >= 0.6 is 0 Å². The van der Waals surface area contributed by atoms with Crippen molar-refractivity contribution in [2.45, 2.75) is 37.7 Å². The molecule has 0 unspecified atom stereocenters. The zero-order chi connectivity index (χ0) is 19.4. The van der Waals surface area contributed by atoms with Crippen LogP contribution in [0.2, 0.25) is 0 Å². The van der Waals surface area contributed by atoms with Gasteiger partial charge in [-0.15, -0.1) is 0 Å². The normalized spacial score (nSPS) is 15.3. The average Bonchev–Trinajstić information content (AvgIpc) is 2.56. The molecule has 2 amide bonds. The molecular formula is C19H28N2O4S. The molecule has 0 aromatic heterocycles. The van der Waals surface area contributed by atoms with Gasteiger partial charge >= 0.3 is 6.03 Å². The minimum Gasteiger partial charge on any atom is -0.377 e. The zero-order valence-electron chi connectivity index (χ0n) is 15.9. The zero-order valence-corrected chi connectivity index (χ0v) is 16.7. The van der Waals surface area contributed by atoms with Crippen molar-refractivity contribution >= 4 is 21.6 Å². The second-order valence-electron chi connectivity index (χ2n) is 7.56. The van der Waals surface area contributed by atoms with E-state index in [0.29, 0.717) is 24.4 Å². The van der Waals surface area contributed by atoms with Crippen molar-refractivity contribution < 1.29 is 17.9 Å². The van der Waals surface area contributed by atoms with Gasteiger partial charge in [0.25, 0.3) is 0 Å². The average molecular weight is 381 g/mol. The second kappa shape index (κ2) is 8.22. The number of benzene rings is 1. The van der Waals surface area contributed by atoms with Gasteiger partial charge in [-0.05, 0) is 50.5 Å². The minimum atomic E-state index is -3.23. The Morgan fingerprint density at radius 1 is 1.23 bits per heavy atom. The summed E-state index contributed by atoms with van der Waals surface area (Å²) in [6.45, 7) is 6.90. The van der Waals surface area contributed by atoms with E-state index < -0.39 is 14.6 Å². The number of likely N-dealkylation sites (N-methyl/N-ethyl adjacent to an activating group) is 1. The molecule has 0 saturated heterocycles. The first-order valence-corrected chi connectivity index (χ1v) is 10.3. The molecule has 1 aromatic rings. The lowest BCUT2D eigenvalue weighted by atomic mass is 10.2. The van der Waals surface area contributed by atoms with Crippen LogP contribution in [0.3, 0.4) is 0 Å². The highest BCUT2D eigenvalue weighted by atomic mass is 32.2. The van der Waals surface area contributed by atoms with E-state index >= 15 is 0 Å². The fourth-order valence-corrected chi connectivity index (χ4v) is 3.50. The molecule has 1 N–H and O–H groups in total. The first-order chi connectivity index (χ1) is 12.1. The summed E-state index contributed by atoms with van der Waals surface area (Å²) in [7, 11) is -1.50. The number of urea groups is 1. The molecule has 0 bridgehead atoms. The largest absolute Gasteiger partial charge is 0.377 e. The van der Waals surface area contributed by atoms with Gasteiger partial charge in [0.1, 0.15) is 0 Å². The SMILES string of the molecule is CN(CC1=CCCOC1)C(=O)Nc1ccc(CS(=O)(=O)C(C)(C)C)cc1. The van der Waals surface area contributed by atoms with Crippen LogP contribution in [-0.2, 0) is 20.3 Å². The van der Waals surface area contributed by atoms with Crippen LogP contribution in [0.25, 0.3) is 0 Å². The molecule has 0 atom stereocenters. The summed E-state index contributed by atoms with van der Waals surface area (Å²) in [5, 5.41) is 2.82. The van der Waals surface area contributed by atoms with Crippen LogP contribution < -0.4 is 5.32 Å². The maximum absolute atomic E-state index is 12.3. The van der Waals surface area contributed by atoms with Gasteiger partial charge in [-0.3, -0.25) is 0 Å². The molecule has 26 heavy (non-hydrogen) atoms. The molecule has 144 valence electrons. The van der Waals surface area contributed by atoms with Gasteiger partial charge in [0.15, 0.2) is 9.84 Å². The fraction of sp³-hybridized carbons (Fsp3) is 0.526. The predicted molar refractivity (Wildman–Crippen MR) is 104 cm³/mol.